The number of aromatic nitrogens is 2. The number of ketones is 2. The van der Waals surface area contributed by atoms with Gasteiger partial charge < -0.3 is 5.73 Å². The van der Waals surface area contributed by atoms with E-state index in [1.165, 1.54) is 12.1 Å². The highest BCUT2D eigenvalue weighted by atomic mass is 16.2. The number of rotatable bonds is 1. The minimum Gasteiger partial charge on any atom is -0.398 e. The molecule has 3 atom stereocenters. The maximum atomic E-state index is 13.1. The summed E-state index contributed by atoms with van der Waals surface area (Å²) in [6, 6.07) is -0.396. The van der Waals surface area contributed by atoms with Gasteiger partial charge in [0.1, 0.15) is 11.6 Å². The molecule has 6 nitrogen and oxygen atoms in total. The number of anilines is 1. The van der Waals surface area contributed by atoms with E-state index in [1.807, 2.05) is 0 Å². The average Bonchev–Trinajstić information content (AvgIpc) is 2.57. The first-order chi connectivity index (χ1) is 12.5. The van der Waals surface area contributed by atoms with Crippen molar-refractivity contribution in [3.05, 3.63) is 34.4 Å². The van der Waals surface area contributed by atoms with Crippen LogP contribution in [0.1, 0.15) is 39.3 Å². The van der Waals surface area contributed by atoms with Crippen molar-refractivity contribution in [2.24, 2.45) is 0 Å². The van der Waals surface area contributed by atoms with Crippen molar-refractivity contribution in [3.8, 4) is 0 Å². The fourth-order valence-electron chi connectivity index (χ4n) is 2.22. The van der Waals surface area contributed by atoms with E-state index in [-0.39, 0.29) is 22.6 Å². The van der Waals surface area contributed by atoms with Gasteiger partial charge in [-0.05, 0) is 25.4 Å². The number of hydrogen-bond acceptors (Lipinski definition) is 5. The molecule has 1 fully saturated rings. The smallest absolute Gasteiger partial charge is 0.264 e. The fourth-order valence-corrected chi connectivity index (χ4v) is 2.22. The number of benzene rings is 1. The Labute approximate surface area is 129 Å². The second-order valence-corrected chi connectivity index (χ2v) is 4.57. The van der Waals surface area contributed by atoms with Crippen molar-refractivity contribution in [2.75, 3.05) is 5.73 Å². The van der Waals surface area contributed by atoms with Crippen molar-refractivity contribution in [3.63, 3.8) is 0 Å². The average molecular weight is 291 g/mol. The Kier molecular flexibility index (Phi) is 1.84. The van der Waals surface area contributed by atoms with E-state index in [0.29, 0.717) is 4.57 Å². The van der Waals surface area contributed by atoms with E-state index in [0.717, 1.165) is 0 Å². The Morgan fingerprint density at radius 2 is 2.33 bits per heavy atom. The highest BCUT2D eigenvalue weighted by molar-refractivity contribution is 6.03. The van der Waals surface area contributed by atoms with Gasteiger partial charge in [0.25, 0.3) is 5.56 Å². The lowest BCUT2D eigenvalue weighted by Crippen LogP contribution is -2.36. The zero-order valence-electron chi connectivity index (χ0n) is 16.8. The molecule has 108 valence electrons. The van der Waals surface area contributed by atoms with Crippen LogP contribution in [-0.4, -0.2) is 21.1 Å². The van der Waals surface area contributed by atoms with Crippen molar-refractivity contribution in [1.82, 2.24) is 9.55 Å². The topological polar surface area (TPSA) is 95.0 Å². The summed E-state index contributed by atoms with van der Waals surface area (Å²) in [4.78, 5) is 41.3. The summed E-state index contributed by atoms with van der Waals surface area (Å²) in [5, 5.41) is -0.222. The van der Waals surface area contributed by atoms with Gasteiger partial charge >= 0.3 is 0 Å². The van der Waals surface area contributed by atoms with Crippen molar-refractivity contribution in [1.29, 1.82) is 0 Å². The summed E-state index contributed by atoms with van der Waals surface area (Å²) < 4.78 is 47.8. The molecule has 2 aromatic rings. The molecule has 1 aliphatic rings. The van der Waals surface area contributed by atoms with Gasteiger partial charge in [-0.25, -0.2) is 4.98 Å². The number of fused-ring (bicyclic) bond motifs is 1. The molecule has 0 radical (unpaired) electrons. The van der Waals surface area contributed by atoms with E-state index < -0.39 is 55.1 Å². The molecule has 1 aromatic heterocycles. The van der Waals surface area contributed by atoms with Crippen LogP contribution in [0.15, 0.2) is 23.0 Å². The number of carbonyl (C=O) groups is 2. The Bertz CT molecular complexity index is 1040. The molecule has 2 N–H and O–H groups in total. The van der Waals surface area contributed by atoms with Crippen LogP contribution in [0.3, 0.4) is 0 Å². The molecule has 1 heterocycles. The summed E-state index contributed by atoms with van der Waals surface area (Å²) in [7, 11) is 0. The lowest BCUT2D eigenvalue weighted by molar-refractivity contribution is -0.132. The quantitative estimate of drug-likeness (QED) is 0.628. The molecule has 21 heavy (non-hydrogen) atoms. The standard InChI is InChI=1S/C15H15N3O3/c1-8-17-11-4-2-3-10(16)14(11)15(21)18(8)12-6-5-9(19)7-13(12)20/h2-4,12H,5-7,16H2,1H3/i1D2,2D,5D,6D,12D. The van der Waals surface area contributed by atoms with Gasteiger partial charge in [-0.1, -0.05) is 6.04 Å². The Morgan fingerprint density at radius 3 is 3.10 bits per heavy atom. The lowest BCUT2D eigenvalue weighted by Gasteiger charge is -2.24. The summed E-state index contributed by atoms with van der Waals surface area (Å²) in [5.74, 6) is -2.52. The second-order valence-electron chi connectivity index (χ2n) is 4.57. The number of Topliss-reactive ketones (excluding diaryl/α,β-unsaturated/α-hetero) is 2. The van der Waals surface area contributed by atoms with Crippen LogP contribution in [0, 0.1) is 6.88 Å². The molecular formula is C15H15N3O3. The number of nitrogens with zero attached hydrogens (tertiary/aromatic N) is 2. The lowest BCUT2D eigenvalue weighted by atomic mass is 9.92. The maximum absolute atomic E-state index is 13.1. The minimum atomic E-state index is -2.69. The molecule has 0 saturated heterocycles. The minimum absolute atomic E-state index is 0.0633. The van der Waals surface area contributed by atoms with Crippen LogP contribution < -0.4 is 11.3 Å². The van der Waals surface area contributed by atoms with Gasteiger partial charge in [0.2, 0.25) is 0 Å². The monoisotopic (exact) mass is 291 g/mol. The number of hydrogen-bond donors (Lipinski definition) is 1. The summed E-state index contributed by atoms with van der Waals surface area (Å²) in [5.41, 5.74) is 4.54. The first-order valence-corrected chi connectivity index (χ1v) is 6.08. The maximum Gasteiger partial charge on any atom is 0.264 e. The highest BCUT2D eigenvalue weighted by Crippen LogP contribution is 2.24. The first kappa shape index (κ1) is 8.07. The van der Waals surface area contributed by atoms with E-state index in [9.17, 15) is 14.4 Å². The fraction of sp³-hybridized carbons (Fsp3) is 0.333. The molecule has 1 aliphatic carbocycles. The molecule has 0 aliphatic heterocycles. The normalized spacial score (nSPS) is 34.0. The van der Waals surface area contributed by atoms with Crippen LogP contribution in [0.4, 0.5) is 5.69 Å². The Morgan fingerprint density at radius 1 is 1.52 bits per heavy atom. The van der Waals surface area contributed by atoms with E-state index in [4.69, 9.17) is 14.0 Å². The molecule has 3 unspecified atom stereocenters. The zero-order valence-corrected chi connectivity index (χ0v) is 10.8. The molecule has 3 rings (SSSR count). The molecule has 0 amide bonds. The molecule has 0 spiro atoms. The third kappa shape index (κ3) is 2.12. The van der Waals surface area contributed by atoms with Crippen molar-refractivity contribution >= 4 is 28.2 Å². The van der Waals surface area contributed by atoms with Gasteiger partial charge in [0.15, 0.2) is 5.78 Å². The Balaban J connectivity index is 2.45. The largest absolute Gasteiger partial charge is 0.398 e. The van der Waals surface area contributed by atoms with Crippen LogP contribution in [0.2, 0.25) is 0 Å². The van der Waals surface area contributed by atoms with Crippen LogP contribution >= 0.6 is 0 Å². The summed E-state index contributed by atoms with van der Waals surface area (Å²) in [6.07, 6.45) is -4.49. The number of aryl methyl sites for hydroxylation is 1. The number of carbonyl (C=O) groups excluding carboxylic acids is 2. The molecule has 0 bridgehead atoms. The molecule has 1 aromatic carbocycles. The van der Waals surface area contributed by atoms with Gasteiger partial charge in [-0.15, -0.1) is 0 Å². The SMILES string of the molecule is [2H]c1cc(N)c2c(=O)n(C3([2H])C(=O)CC(=O)C([2H])C3[2H])c(C([2H])[2H])nc2c1. The molecular weight excluding hydrogens is 270 g/mol. The van der Waals surface area contributed by atoms with Gasteiger partial charge in [-0.3, -0.25) is 19.0 Å². The van der Waals surface area contributed by atoms with Crippen LogP contribution in [-0.2, 0) is 9.59 Å². The van der Waals surface area contributed by atoms with Crippen molar-refractivity contribution < 1.29 is 17.8 Å². The summed E-state index contributed by atoms with van der Waals surface area (Å²) in [6.45, 7) is -1.90. The number of nitrogens with two attached hydrogens (primary N) is 1. The van der Waals surface area contributed by atoms with Gasteiger partial charge in [-0.2, -0.15) is 0 Å². The van der Waals surface area contributed by atoms with Crippen LogP contribution in [0.25, 0.3) is 10.9 Å². The van der Waals surface area contributed by atoms with E-state index in [2.05, 4.69) is 4.98 Å². The number of nitrogen functional groups attached to an aromatic ring is 1. The van der Waals surface area contributed by atoms with E-state index >= 15 is 0 Å². The molecule has 6 heteroatoms. The predicted molar refractivity (Wildman–Crippen MR) is 78.1 cm³/mol. The van der Waals surface area contributed by atoms with Gasteiger partial charge in [0.05, 0.1) is 26.1 Å². The highest BCUT2D eigenvalue weighted by Gasteiger charge is 2.30. The Hall–Kier alpha value is -2.50. The predicted octanol–water partition coefficient (Wildman–Crippen LogP) is 1.15. The zero-order chi connectivity index (χ0) is 20.3. The first-order valence-electron chi connectivity index (χ1n) is 9.39. The van der Waals surface area contributed by atoms with E-state index in [1.54, 1.807) is 0 Å². The molecule has 1 saturated carbocycles. The van der Waals surface area contributed by atoms with Crippen LogP contribution in [0.5, 0.6) is 0 Å². The summed E-state index contributed by atoms with van der Waals surface area (Å²) >= 11 is 0. The second kappa shape index (κ2) is 4.80. The third-order valence-electron chi connectivity index (χ3n) is 3.17. The third-order valence-corrected chi connectivity index (χ3v) is 3.17. The van der Waals surface area contributed by atoms with Crippen molar-refractivity contribution in [2.45, 2.75) is 32.1 Å². The van der Waals surface area contributed by atoms with Gasteiger partial charge in [0, 0.05) is 17.6 Å².